The number of benzene rings is 1. The first-order chi connectivity index (χ1) is 10.1. The van der Waals surface area contributed by atoms with Crippen LogP contribution in [0.15, 0.2) is 41.8 Å². The highest BCUT2D eigenvalue weighted by molar-refractivity contribution is 7.13. The van der Waals surface area contributed by atoms with Gasteiger partial charge in [-0.15, -0.1) is 21.5 Å². The van der Waals surface area contributed by atoms with Crippen LogP contribution in [0.3, 0.4) is 0 Å². The summed E-state index contributed by atoms with van der Waals surface area (Å²) in [5, 5.41) is 19.7. The van der Waals surface area contributed by atoms with Gasteiger partial charge in [0.05, 0.1) is 5.56 Å². The van der Waals surface area contributed by atoms with E-state index in [1.807, 2.05) is 11.4 Å². The maximum Gasteiger partial charge on any atom is 0.335 e. The lowest BCUT2D eigenvalue weighted by molar-refractivity contribution is 0.0697. The van der Waals surface area contributed by atoms with Gasteiger partial charge in [-0.1, -0.05) is 23.7 Å². The molecule has 2 heterocycles. The van der Waals surface area contributed by atoms with Gasteiger partial charge in [0.25, 0.3) is 0 Å². The van der Waals surface area contributed by atoms with Gasteiger partial charge >= 0.3 is 5.97 Å². The lowest BCUT2D eigenvalue weighted by atomic mass is 10.1. The molecule has 0 bridgehead atoms. The number of carbonyl (C=O) groups is 1. The first-order valence-corrected chi connectivity index (χ1v) is 7.18. The van der Waals surface area contributed by atoms with Crippen LogP contribution in [0, 0.1) is 0 Å². The zero-order valence-electron chi connectivity index (χ0n) is 10.5. The molecule has 0 aliphatic rings. The van der Waals surface area contributed by atoms with E-state index in [0.717, 1.165) is 10.6 Å². The quantitative estimate of drug-likeness (QED) is 0.798. The summed E-state index contributed by atoms with van der Waals surface area (Å²) in [4.78, 5) is 15.5. The van der Waals surface area contributed by atoms with E-state index in [4.69, 9.17) is 16.7 Å². The molecule has 3 aromatic rings. The lowest BCUT2D eigenvalue weighted by Gasteiger charge is -1.98. The van der Waals surface area contributed by atoms with Crippen molar-refractivity contribution in [2.45, 2.75) is 0 Å². The van der Waals surface area contributed by atoms with Crippen molar-refractivity contribution in [3.05, 3.63) is 52.5 Å². The summed E-state index contributed by atoms with van der Waals surface area (Å²) in [6.45, 7) is 0. The van der Waals surface area contributed by atoms with Crippen LogP contribution < -0.4 is 0 Å². The summed E-state index contributed by atoms with van der Waals surface area (Å²) >= 11 is 7.12. The molecule has 5 nitrogen and oxygen atoms in total. The minimum absolute atomic E-state index is 0.232. The monoisotopic (exact) mass is 317 g/mol. The molecule has 7 heteroatoms. The standard InChI is InChI=1S/C14H8ClN3O2S/c15-12-5-4-10(17-18-12)11-7-21-13(16-11)8-2-1-3-9(6-8)14(19)20/h1-7H,(H,19,20). The largest absolute Gasteiger partial charge is 0.478 e. The van der Waals surface area contributed by atoms with E-state index < -0.39 is 5.97 Å². The average Bonchev–Trinajstić information content (AvgIpc) is 2.98. The molecule has 0 amide bonds. The van der Waals surface area contributed by atoms with E-state index in [1.165, 1.54) is 11.3 Å². The molecule has 21 heavy (non-hydrogen) atoms. The van der Waals surface area contributed by atoms with Crippen molar-refractivity contribution in [2.75, 3.05) is 0 Å². The van der Waals surface area contributed by atoms with Crippen LogP contribution in [0.1, 0.15) is 10.4 Å². The van der Waals surface area contributed by atoms with E-state index in [9.17, 15) is 4.79 Å². The number of aromatic nitrogens is 3. The molecule has 0 radical (unpaired) electrons. The van der Waals surface area contributed by atoms with Crippen LogP contribution in [0.5, 0.6) is 0 Å². The number of carboxylic acid groups (broad SMARTS) is 1. The Kier molecular flexibility index (Phi) is 3.64. The Morgan fingerprint density at radius 1 is 1.14 bits per heavy atom. The number of halogens is 1. The van der Waals surface area contributed by atoms with Gasteiger partial charge in [-0.3, -0.25) is 0 Å². The number of aromatic carboxylic acids is 1. The third-order valence-corrected chi connectivity index (χ3v) is 3.85. The molecule has 0 saturated heterocycles. The van der Waals surface area contributed by atoms with Crippen molar-refractivity contribution in [1.29, 1.82) is 0 Å². The van der Waals surface area contributed by atoms with Gasteiger partial charge in [-0.25, -0.2) is 9.78 Å². The molecule has 0 unspecified atom stereocenters. The summed E-state index contributed by atoms with van der Waals surface area (Å²) in [5.41, 5.74) is 2.29. The topological polar surface area (TPSA) is 76.0 Å². The summed E-state index contributed by atoms with van der Waals surface area (Å²) < 4.78 is 0. The van der Waals surface area contributed by atoms with Gasteiger partial charge in [-0.2, -0.15) is 0 Å². The molecule has 0 fully saturated rings. The molecular formula is C14H8ClN3O2S. The minimum atomic E-state index is -0.961. The number of nitrogens with zero attached hydrogens (tertiary/aromatic N) is 3. The molecule has 0 spiro atoms. The Morgan fingerprint density at radius 3 is 2.71 bits per heavy atom. The van der Waals surface area contributed by atoms with Crippen molar-refractivity contribution < 1.29 is 9.90 Å². The highest BCUT2D eigenvalue weighted by Gasteiger charge is 2.10. The third kappa shape index (κ3) is 2.91. The lowest BCUT2D eigenvalue weighted by Crippen LogP contribution is -1.95. The number of hydrogen-bond donors (Lipinski definition) is 1. The third-order valence-electron chi connectivity index (χ3n) is 2.76. The van der Waals surface area contributed by atoms with Gasteiger partial charge in [0.2, 0.25) is 0 Å². The SMILES string of the molecule is O=C(O)c1cccc(-c2nc(-c3ccc(Cl)nn3)cs2)c1. The molecule has 0 aliphatic heterocycles. The van der Waals surface area contributed by atoms with Crippen molar-refractivity contribution >= 4 is 28.9 Å². The summed E-state index contributed by atoms with van der Waals surface area (Å²) in [6.07, 6.45) is 0. The fraction of sp³-hybridized carbons (Fsp3) is 0. The molecule has 1 N–H and O–H groups in total. The van der Waals surface area contributed by atoms with Crippen molar-refractivity contribution in [1.82, 2.24) is 15.2 Å². The predicted molar refractivity (Wildman–Crippen MR) is 80.5 cm³/mol. The number of rotatable bonds is 3. The normalized spacial score (nSPS) is 10.5. The van der Waals surface area contributed by atoms with Crippen molar-refractivity contribution in [3.63, 3.8) is 0 Å². The second-order valence-electron chi connectivity index (χ2n) is 4.17. The Hall–Kier alpha value is -2.31. The van der Waals surface area contributed by atoms with E-state index in [2.05, 4.69) is 15.2 Å². The average molecular weight is 318 g/mol. The molecule has 0 atom stereocenters. The fourth-order valence-electron chi connectivity index (χ4n) is 1.76. The minimum Gasteiger partial charge on any atom is -0.478 e. The highest BCUT2D eigenvalue weighted by Crippen LogP contribution is 2.28. The van der Waals surface area contributed by atoms with Crippen LogP contribution in [0.2, 0.25) is 5.15 Å². The molecule has 104 valence electrons. The van der Waals surface area contributed by atoms with Gasteiger partial charge in [0.1, 0.15) is 16.4 Å². The Balaban J connectivity index is 1.96. The van der Waals surface area contributed by atoms with Gasteiger partial charge in [0, 0.05) is 10.9 Å². The first kappa shape index (κ1) is 13.7. The smallest absolute Gasteiger partial charge is 0.335 e. The second kappa shape index (κ2) is 5.59. The maximum atomic E-state index is 11.0. The van der Waals surface area contributed by atoms with Crippen molar-refractivity contribution in [3.8, 4) is 22.0 Å². The zero-order valence-corrected chi connectivity index (χ0v) is 12.1. The Morgan fingerprint density at radius 2 is 2.00 bits per heavy atom. The summed E-state index contributed by atoms with van der Waals surface area (Å²) in [5.74, 6) is -0.961. The fourth-order valence-corrected chi connectivity index (χ4v) is 2.67. The zero-order chi connectivity index (χ0) is 14.8. The second-order valence-corrected chi connectivity index (χ2v) is 5.41. The van der Waals surface area contributed by atoms with E-state index in [-0.39, 0.29) is 5.56 Å². The number of carboxylic acids is 1. The summed E-state index contributed by atoms with van der Waals surface area (Å²) in [6, 6.07) is 10.0. The molecule has 0 aliphatic carbocycles. The van der Waals surface area contributed by atoms with Crippen LogP contribution in [0.4, 0.5) is 0 Å². The molecular weight excluding hydrogens is 310 g/mol. The first-order valence-electron chi connectivity index (χ1n) is 5.92. The maximum absolute atomic E-state index is 11.0. The van der Waals surface area contributed by atoms with Crippen LogP contribution in [0.25, 0.3) is 22.0 Å². The number of thiazole rings is 1. The van der Waals surface area contributed by atoms with Crippen LogP contribution >= 0.6 is 22.9 Å². The van der Waals surface area contributed by atoms with E-state index in [0.29, 0.717) is 16.5 Å². The molecule has 1 aromatic carbocycles. The van der Waals surface area contributed by atoms with E-state index in [1.54, 1.807) is 30.3 Å². The Bertz CT molecular complexity index is 802. The van der Waals surface area contributed by atoms with Crippen LogP contribution in [-0.4, -0.2) is 26.3 Å². The van der Waals surface area contributed by atoms with Crippen LogP contribution in [-0.2, 0) is 0 Å². The van der Waals surface area contributed by atoms with Crippen molar-refractivity contribution in [2.24, 2.45) is 0 Å². The van der Waals surface area contributed by atoms with Gasteiger partial charge in [-0.05, 0) is 24.3 Å². The molecule has 2 aromatic heterocycles. The Labute approximate surface area is 128 Å². The number of hydrogen-bond acceptors (Lipinski definition) is 5. The summed E-state index contributed by atoms with van der Waals surface area (Å²) in [7, 11) is 0. The molecule has 3 rings (SSSR count). The van der Waals surface area contributed by atoms with Gasteiger partial charge < -0.3 is 5.11 Å². The molecule has 0 saturated carbocycles. The highest BCUT2D eigenvalue weighted by atomic mass is 35.5. The van der Waals surface area contributed by atoms with E-state index >= 15 is 0 Å². The predicted octanol–water partition coefficient (Wildman–Crippen LogP) is 3.62. The van der Waals surface area contributed by atoms with Gasteiger partial charge in [0.15, 0.2) is 5.15 Å².